The summed E-state index contributed by atoms with van der Waals surface area (Å²) in [5.74, 6) is -0.157. The predicted octanol–water partition coefficient (Wildman–Crippen LogP) is 15.5. The van der Waals surface area contributed by atoms with Crippen LogP contribution in [0.25, 0.3) is 0 Å². The van der Waals surface area contributed by atoms with Crippen LogP contribution in [0, 0.1) is 0 Å². The van der Waals surface area contributed by atoms with Gasteiger partial charge in [-0.1, -0.05) is 264 Å². The van der Waals surface area contributed by atoms with Gasteiger partial charge in [-0.25, -0.2) is 0 Å². The number of quaternary nitrogens is 1. The molecule has 9 heteroatoms. The molecule has 0 saturated heterocycles. The standard InChI is InChI=1S/C53H109N2O6P/c1-6-8-10-12-14-16-18-20-22-23-24-25-26-27-28-29-30-31-33-35-37-39-41-43-45-47-53(57)54-51(50-61-62(58,59)60-49-48-55(3,4)5)52(56)46-44-42-40-38-36-34-32-21-19-17-15-13-11-9-7-2/h51-52,56H,6-50H2,1-5H3,(H-,54,57,58,59). The Hall–Kier alpha value is -0.500. The summed E-state index contributed by atoms with van der Waals surface area (Å²) in [7, 11) is 1.32. The number of aliphatic hydroxyl groups is 1. The monoisotopic (exact) mass is 901 g/mol. The summed E-state index contributed by atoms with van der Waals surface area (Å²) in [5.41, 5.74) is 0. The van der Waals surface area contributed by atoms with Gasteiger partial charge >= 0.3 is 0 Å². The van der Waals surface area contributed by atoms with Crippen LogP contribution >= 0.6 is 7.82 Å². The fourth-order valence-electron chi connectivity index (χ4n) is 8.51. The van der Waals surface area contributed by atoms with Gasteiger partial charge < -0.3 is 28.8 Å². The Balaban J connectivity index is 4.10. The highest BCUT2D eigenvalue weighted by atomic mass is 31.2. The highest BCUT2D eigenvalue weighted by Crippen LogP contribution is 2.38. The van der Waals surface area contributed by atoms with Gasteiger partial charge in [-0.2, -0.15) is 0 Å². The first-order chi connectivity index (χ1) is 30.0. The first-order valence-electron chi connectivity index (χ1n) is 27.4. The zero-order valence-electron chi connectivity index (χ0n) is 42.4. The summed E-state index contributed by atoms with van der Waals surface area (Å²) in [5, 5.41) is 14.0. The Labute approximate surface area is 387 Å². The number of phosphoric ester groups is 1. The molecule has 62 heavy (non-hydrogen) atoms. The molecule has 0 radical (unpaired) electrons. The van der Waals surface area contributed by atoms with Crippen molar-refractivity contribution < 1.29 is 32.9 Å². The minimum atomic E-state index is -4.56. The predicted molar refractivity (Wildman–Crippen MR) is 266 cm³/mol. The largest absolute Gasteiger partial charge is 0.756 e. The molecule has 0 rings (SSSR count). The molecule has 0 heterocycles. The van der Waals surface area contributed by atoms with E-state index < -0.39 is 20.0 Å². The van der Waals surface area contributed by atoms with Crippen molar-refractivity contribution >= 4 is 13.7 Å². The lowest BCUT2D eigenvalue weighted by Crippen LogP contribution is -2.46. The number of hydrogen-bond donors (Lipinski definition) is 2. The molecular formula is C53H109N2O6P. The minimum Gasteiger partial charge on any atom is -0.756 e. The molecule has 0 aromatic heterocycles. The van der Waals surface area contributed by atoms with E-state index in [2.05, 4.69) is 19.2 Å². The number of nitrogens with zero attached hydrogens (tertiary/aromatic N) is 1. The van der Waals surface area contributed by atoms with Gasteiger partial charge in [-0.15, -0.1) is 0 Å². The van der Waals surface area contributed by atoms with E-state index in [4.69, 9.17) is 9.05 Å². The lowest BCUT2D eigenvalue weighted by atomic mass is 10.0. The van der Waals surface area contributed by atoms with Crippen LogP contribution in [0.2, 0.25) is 0 Å². The number of likely N-dealkylation sites (N-methyl/N-ethyl adjacent to an activating group) is 1. The summed E-state index contributed by atoms with van der Waals surface area (Å²) in [6, 6.07) is -0.794. The Morgan fingerprint density at radius 1 is 0.500 bits per heavy atom. The van der Waals surface area contributed by atoms with Gasteiger partial charge in [-0.3, -0.25) is 9.36 Å². The number of hydrogen-bond acceptors (Lipinski definition) is 6. The van der Waals surface area contributed by atoms with Crippen LogP contribution in [0.1, 0.15) is 284 Å². The van der Waals surface area contributed by atoms with Crippen LogP contribution in [-0.2, 0) is 18.4 Å². The van der Waals surface area contributed by atoms with E-state index >= 15 is 0 Å². The Morgan fingerprint density at radius 3 is 1.10 bits per heavy atom. The number of carbonyl (C=O) groups is 1. The van der Waals surface area contributed by atoms with Gasteiger partial charge in [-0.05, 0) is 12.8 Å². The number of amides is 1. The lowest BCUT2D eigenvalue weighted by molar-refractivity contribution is -0.870. The van der Waals surface area contributed by atoms with E-state index in [9.17, 15) is 19.4 Å². The first-order valence-corrected chi connectivity index (χ1v) is 28.8. The van der Waals surface area contributed by atoms with Crippen molar-refractivity contribution in [3.8, 4) is 0 Å². The zero-order chi connectivity index (χ0) is 45.7. The third-order valence-electron chi connectivity index (χ3n) is 12.8. The Morgan fingerprint density at radius 2 is 0.790 bits per heavy atom. The van der Waals surface area contributed by atoms with Gasteiger partial charge in [0.15, 0.2) is 0 Å². The molecule has 1 amide bonds. The average molecular weight is 901 g/mol. The van der Waals surface area contributed by atoms with E-state index in [1.807, 2.05) is 21.1 Å². The number of rotatable bonds is 51. The van der Waals surface area contributed by atoms with E-state index in [1.54, 1.807) is 0 Å². The van der Waals surface area contributed by atoms with Crippen LogP contribution in [0.4, 0.5) is 0 Å². The van der Waals surface area contributed by atoms with Crippen molar-refractivity contribution in [2.45, 2.75) is 296 Å². The summed E-state index contributed by atoms with van der Waals surface area (Å²) in [4.78, 5) is 25.5. The first kappa shape index (κ1) is 61.5. The smallest absolute Gasteiger partial charge is 0.268 e. The number of unbranched alkanes of at least 4 members (excludes halogenated alkanes) is 38. The van der Waals surface area contributed by atoms with Gasteiger partial charge in [0.2, 0.25) is 5.91 Å². The molecule has 0 bridgehead atoms. The van der Waals surface area contributed by atoms with Crippen molar-refractivity contribution in [1.29, 1.82) is 0 Å². The molecule has 0 aromatic carbocycles. The third kappa shape index (κ3) is 47.5. The van der Waals surface area contributed by atoms with Crippen LogP contribution in [0.3, 0.4) is 0 Å². The topological polar surface area (TPSA) is 108 Å². The molecule has 2 N–H and O–H groups in total. The zero-order valence-corrected chi connectivity index (χ0v) is 43.3. The Kier molecular flexibility index (Phi) is 45.3. The highest BCUT2D eigenvalue weighted by Gasteiger charge is 2.24. The number of nitrogens with one attached hydrogen (secondary N) is 1. The summed E-state index contributed by atoms with van der Waals surface area (Å²) in [6.07, 6.45) is 52.7. The third-order valence-corrected chi connectivity index (χ3v) is 13.8. The van der Waals surface area contributed by atoms with Crippen molar-refractivity contribution in [2.24, 2.45) is 0 Å². The molecule has 0 aromatic rings. The maximum atomic E-state index is 12.9. The van der Waals surface area contributed by atoms with E-state index in [0.717, 1.165) is 38.5 Å². The molecule has 0 fully saturated rings. The van der Waals surface area contributed by atoms with Gasteiger partial charge in [0.05, 0.1) is 39.9 Å². The maximum absolute atomic E-state index is 12.9. The molecule has 0 saturated carbocycles. The SMILES string of the molecule is CCCCCCCCCCCCCCCCCCCCCCCCCCCC(=O)NC(COP(=O)([O-])OCC[N+](C)(C)C)C(O)CCCCCCCCCCCCCCCCC. The molecular weight excluding hydrogens is 792 g/mol. The lowest BCUT2D eigenvalue weighted by Gasteiger charge is -2.30. The van der Waals surface area contributed by atoms with Gasteiger partial charge in [0.1, 0.15) is 13.2 Å². The molecule has 0 aliphatic carbocycles. The highest BCUT2D eigenvalue weighted by molar-refractivity contribution is 7.45. The fraction of sp³-hybridized carbons (Fsp3) is 0.981. The van der Waals surface area contributed by atoms with Crippen molar-refractivity contribution in [3.63, 3.8) is 0 Å². The van der Waals surface area contributed by atoms with Gasteiger partial charge in [0, 0.05) is 6.42 Å². The van der Waals surface area contributed by atoms with Crippen LogP contribution in [0.15, 0.2) is 0 Å². The van der Waals surface area contributed by atoms with Gasteiger partial charge in [0.25, 0.3) is 7.82 Å². The van der Waals surface area contributed by atoms with Crippen LogP contribution in [0.5, 0.6) is 0 Å². The van der Waals surface area contributed by atoms with Crippen molar-refractivity contribution in [1.82, 2.24) is 5.32 Å². The summed E-state index contributed by atoms with van der Waals surface area (Å²) < 4.78 is 23.4. The normalized spacial score (nSPS) is 14.0. The molecule has 372 valence electrons. The second-order valence-electron chi connectivity index (χ2n) is 20.3. The molecule has 0 aliphatic heterocycles. The van der Waals surface area contributed by atoms with E-state index in [0.29, 0.717) is 23.9 Å². The second-order valence-corrected chi connectivity index (χ2v) is 21.7. The fourth-order valence-corrected chi connectivity index (χ4v) is 9.24. The summed E-state index contributed by atoms with van der Waals surface area (Å²) >= 11 is 0. The van der Waals surface area contributed by atoms with Crippen LogP contribution in [-0.4, -0.2) is 68.5 Å². The Bertz CT molecular complexity index is 978. The minimum absolute atomic E-state index is 0.0164. The molecule has 8 nitrogen and oxygen atoms in total. The average Bonchev–Trinajstić information content (AvgIpc) is 3.23. The van der Waals surface area contributed by atoms with Crippen molar-refractivity contribution in [3.05, 3.63) is 0 Å². The number of carbonyl (C=O) groups excluding carboxylic acids is 1. The second kappa shape index (κ2) is 45.6. The molecule has 3 atom stereocenters. The summed E-state index contributed by atoms with van der Waals surface area (Å²) in [6.45, 7) is 4.77. The maximum Gasteiger partial charge on any atom is 0.268 e. The molecule has 0 aliphatic rings. The quantitative estimate of drug-likeness (QED) is 0.0358. The van der Waals surface area contributed by atoms with Crippen LogP contribution < -0.4 is 10.2 Å². The number of aliphatic hydroxyl groups excluding tert-OH is 1. The van der Waals surface area contributed by atoms with E-state index in [-0.39, 0.29) is 19.1 Å². The number of phosphoric acid groups is 1. The molecule has 3 unspecified atom stereocenters. The van der Waals surface area contributed by atoms with E-state index in [1.165, 1.54) is 218 Å². The van der Waals surface area contributed by atoms with Crippen molar-refractivity contribution in [2.75, 3.05) is 40.9 Å². The molecule has 0 spiro atoms.